The Bertz CT molecular complexity index is 949. The number of hydrazine groups is 1. The number of nitrogens with zero attached hydrogens (tertiary/aromatic N) is 3. The highest BCUT2D eigenvalue weighted by atomic mass is 19.1. The zero-order valence-corrected chi connectivity index (χ0v) is 15.3. The number of nitrogens with two attached hydrogens (primary N) is 2. The summed E-state index contributed by atoms with van der Waals surface area (Å²) in [6, 6.07) is 12.3. The van der Waals surface area contributed by atoms with E-state index in [1.807, 2.05) is 30.3 Å². The van der Waals surface area contributed by atoms with E-state index in [0.29, 0.717) is 17.9 Å². The summed E-state index contributed by atoms with van der Waals surface area (Å²) in [5, 5.41) is 1.46. The van der Waals surface area contributed by atoms with E-state index in [4.69, 9.17) is 11.5 Å². The van der Waals surface area contributed by atoms with Gasteiger partial charge in [0.2, 0.25) is 5.91 Å². The van der Waals surface area contributed by atoms with Crippen molar-refractivity contribution in [1.29, 1.82) is 0 Å². The number of aromatic nitrogens is 2. The van der Waals surface area contributed by atoms with Gasteiger partial charge in [-0.3, -0.25) is 14.8 Å². The molecule has 0 radical (unpaired) electrons. The third-order valence-corrected chi connectivity index (χ3v) is 4.24. The molecule has 8 heteroatoms. The molecule has 1 amide bonds. The van der Waals surface area contributed by atoms with Crippen LogP contribution in [0.4, 0.5) is 15.9 Å². The lowest BCUT2D eigenvalue weighted by Gasteiger charge is -2.27. The number of primary amides is 1. The topological polar surface area (TPSA) is 110 Å². The average molecular weight is 380 g/mol. The molecule has 28 heavy (non-hydrogen) atoms. The lowest BCUT2D eigenvalue weighted by atomic mass is 10.1. The summed E-state index contributed by atoms with van der Waals surface area (Å²) >= 11 is 0. The van der Waals surface area contributed by atoms with Crippen molar-refractivity contribution < 1.29 is 9.18 Å². The van der Waals surface area contributed by atoms with Crippen LogP contribution in [-0.2, 0) is 0 Å². The second-order valence-electron chi connectivity index (χ2n) is 6.27. The lowest BCUT2D eigenvalue weighted by molar-refractivity contribution is 0.1000. The molecule has 3 rings (SSSR count). The maximum Gasteiger partial charge on any atom is 0.250 e. The Hall–Kier alpha value is -3.36. The van der Waals surface area contributed by atoms with Crippen LogP contribution in [-0.4, -0.2) is 22.4 Å². The van der Waals surface area contributed by atoms with Crippen molar-refractivity contribution in [3.8, 4) is 0 Å². The maximum absolute atomic E-state index is 14.7. The molecule has 0 saturated heterocycles. The Morgan fingerprint density at radius 1 is 1.18 bits per heavy atom. The zero-order chi connectivity index (χ0) is 20.1. The summed E-state index contributed by atoms with van der Waals surface area (Å²) in [6.45, 7) is 1.94. The molecule has 0 aliphatic carbocycles. The number of halogens is 1. The Labute approximate surface area is 162 Å². The molecule has 144 valence electrons. The molecule has 1 aromatic carbocycles. The number of nitrogens with one attached hydrogen (secondary N) is 1. The maximum atomic E-state index is 14.7. The normalized spacial score (nSPS) is 11.8. The number of carbonyl (C=O) groups excluding carboxylic acids is 1. The van der Waals surface area contributed by atoms with Crippen LogP contribution in [0.1, 0.15) is 27.5 Å². The first-order valence-electron chi connectivity index (χ1n) is 8.67. The SMILES string of the molecule is Cc1cncc(N(NC[C@@H](N)c2ccccc2)c2ccc(C(N)=O)cn2)c1F. The number of hydrogen-bond acceptors (Lipinski definition) is 6. The Morgan fingerprint density at radius 3 is 2.57 bits per heavy atom. The third kappa shape index (κ3) is 4.30. The van der Waals surface area contributed by atoms with Gasteiger partial charge < -0.3 is 11.5 Å². The van der Waals surface area contributed by atoms with Crippen LogP contribution in [0.25, 0.3) is 0 Å². The molecule has 0 spiro atoms. The number of amides is 1. The fourth-order valence-corrected chi connectivity index (χ4v) is 2.65. The lowest BCUT2D eigenvalue weighted by Crippen LogP contribution is -2.40. The van der Waals surface area contributed by atoms with Crippen LogP contribution < -0.4 is 21.9 Å². The van der Waals surface area contributed by atoms with E-state index in [0.717, 1.165) is 5.56 Å². The van der Waals surface area contributed by atoms with Gasteiger partial charge in [0.25, 0.3) is 0 Å². The van der Waals surface area contributed by atoms with Crippen molar-refractivity contribution in [3.63, 3.8) is 0 Å². The molecule has 0 saturated carbocycles. The molecule has 0 fully saturated rings. The largest absolute Gasteiger partial charge is 0.366 e. The Balaban J connectivity index is 1.90. The molecular formula is C20H21FN6O. The number of carbonyl (C=O) groups is 1. The van der Waals surface area contributed by atoms with Gasteiger partial charge in [-0.2, -0.15) is 0 Å². The van der Waals surface area contributed by atoms with Gasteiger partial charge in [-0.25, -0.2) is 14.8 Å². The van der Waals surface area contributed by atoms with Gasteiger partial charge in [0.05, 0.1) is 11.8 Å². The van der Waals surface area contributed by atoms with Crippen molar-refractivity contribution in [2.24, 2.45) is 11.5 Å². The summed E-state index contributed by atoms with van der Waals surface area (Å²) in [5.41, 5.74) is 16.4. The van der Waals surface area contributed by atoms with Gasteiger partial charge in [-0.05, 0) is 24.6 Å². The van der Waals surface area contributed by atoms with Crippen molar-refractivity contribution >= 4 is 17.4 Å². The van der Waals surface area contributed by atoms with E-state index in [-0.39, 0.29) is 17.3 Å². The smallest absolute Gasteiger partial charge is 0.250 e. The zero-order valence-electron chi connectivity index (χ0n) is 15.3. The summed E-state index contributed by atoms with van der Waals surface area (Å²) < 4.78 is 14.7. The van der Waals surface area contributed by atoms with Gasteiger partial charge in [0.15, 0.2) is 5.82 Å². The number of benzene rings is 1. The molecule has 1 atom stereocenters. The first kappa shape index (κ1) is 19.4. The number of pyridine rings is 2. The van der Waals surface area contributed by atoms with Gasteiger partial charge in [-0.1, -0.05) is 30.3 Å². The van der Waals surface area contributed by atoms with E-state index < -0.39 is 11.7 Å². The van der Waals surface area contributed by atoms with E-state index in [1.165, 1.54) is 29.7 Å². The molecule has 0 aliphatic heterocycles. The van der Waals surface area contributed by atoms with Crippen molar-refractivity contribution in [3.05, 3.63) is 83.6 Å². The Kier molecular flexibility index (Phi) is 5.93. The van der Waals surface area contributed by atoms with Gasteiger partial charge >= 0.3 is 0 Å². The fourth-order valence-electron chi connectivity index (χ4n) is 2.65. The molecule has 7 nitrogen and oxygen atoms in total. The minimum Gasteiger partial charge on any atom is -0.366 e. The second-order valence-corrected chi connectivity index (χ2v) is 6.27. The first-order valence-corrected chi connectivity index (χ1v) is 8.67. The Morgan fingerprint density at radius 2 is 1.93 bits per heavy atom. The summed E-state index contributed by atoms with van der Waals surface area (Å²) in [6.07, 6.45) is 4.17. The monoisotopic (exact) mass is 380 g/mol. The number of hydrogen-bond donors (Lipinski definition) is 3. The van der Waals surface area contributed by atoms with Crippen molar-refractivity contribution in [1.82, 2.24) is 15.4 Å². The van der Waals surface area contributed by atoms with Gasteiger partial charge in [0, 0.05) is 30.5 Å². The van der Waals surface area contributed by atoms with E-state index in [2.05, 4.69) is 15.4 Å². The highest BCUT2D eigenvalue weighted by Crippen LogP contribution is 2.26. The minimum absolute atomic E-state index is 0.194. The highest BCUT2D eigenvalue weighted by Gasteiger charge is 2.18. The minimum atomic E-state index is -0.590. The van der Waals surface area contributed by atoms with E-state index in [9.17, 15) is 9.18 Å². The van der Waals surface area contributed by atoms with Crippen LogP contribution in [0, 0.1) is 12.7 Å². The third-order valence-electron chi connectivity index (χ3n) is 4.24. The predicted octanol–water partition coefficient (Wildman–Crippen LogP) is 2.37. The van der Waals surface area contributed by atoms with Crippen LogP contribution >= 0.6 is 0 Å². The van der Waals surface area contributed by atoms with Crippen LogP contribution in [0.2, 0.25) is 0 Å². The molecule has 2 heterocycles. The first-order chi connectivity index (χ1) is 13.5. The molecule has 0 unspecified atom stereocenters. The average Bonchev–Trinajstić information content (AvgIpc) is 2.72. The number of aryl methyl sites for hydroxylation is 1. The van der Waals surface area contributed by atoms with Crippen LogP contribution in [0.5, 0.6) is 0 Å². The standard InChI is InChI=1S/C20H21FN6O/c1-13-9-24-12-17(19(13)21)27(18-8-7-15(10-25-18)20(23)28)26-11-16(22)14-5-3-2-4-6-14/h2-10,12,16,26H,11,22H2,1H3,(H2,23,28)/t16-/m1/s1. The van der Waals surface area contributed by atoms with E-state index in [1.54, 1.807) is 13.0 Å². The van der Waals surface area contributed by atoms with Crippen molar-refractivity contribution in [2.75, 3.05) is 11.6 Å². The van der Waals surface area contributed by atoms with Crippen LogP contribution in [0.3, 0.4) is 0 Å². The molecular weight excluding hydrogens is 359 g/mol. The number of rotatable bonds is 7. The molecule has 5 N–H and O–H groups in total. The van der Waals surface area contributed by atoms with Gasteiger partial charge in [-0.15, -0.1) is 0 Å². The quantitative estimate of drug-likeness (QED) is 0.543. The second kappa shape index (κ2) is 8.55. The highest BCUT2D eigenvalue weighted by molar-refractivity contribution is 5.92. The molecule has 3 aromatic rings. The van der Waals surface area contributed by atoms with Gasteiger partial charge in [0.1, 0.15) is 11.5 Å². The number of anilines is 2. The molecule has 2 aromatic heterocycles. The fraction of sp³-hybridized carbons (Fsp3) is 0.150. The van der Waals surface area contributed by atoms with Crippen LogP contribution in [0.15, 0.2) is 61.1 Å². The molecule has 0 aliphatic rings. The summed E-state index contributed by atoms with van der Waals surface area (Å²) in [4.78, 5) is 19.6. The summed E-state index contributed by atoms with van der Waals surface area (Å²) in [7, 11) is 0. The predicted molar refractivity (Wildman–Crippen MR) is 105 cm³/mol. The van der Waals surface area contributed by atoms with E-state index >= 15 is 0 Å². The van der Waals surface area contributed by atoms with Crippen molar-refractivity contribution in [2.45, 2.75) is 13.0 Å². The molecule has 0 bridgehead atoms. The summed E-state index contributed by atoms with van der Waals surface area (Å²) in [5.74, 6) is -0.652.